The Morgan fingerprint density at radius 3 is 2.42 bits per heavy atom. The van der Waals surface area contributed by atoms with E-state index in [9.17, 15) is 18.0 Å². The lowest BCUT2D eigenvalue weighted by molar-refractivity contribution is -0.143. The van der Waals surface area contributed by atoms with Crippen LogP contribution in [-0.4, -0.2) is 24.3 Å². The fraction of sp³-hybridized carbons (Fsp3) is 0.611. The Kier molecular flexibility index (Phi) is 8.08. The summed E-state index contributed by atoms with van der Waals surface area (Å²) in [6, 6.07) is -2.79. The average Bonchev–Trinajstić information content (AvgIpc) is 3.28. The first-order valence-corrected chi connectivity index (χ1v) is 8.47. The van der Waals surface area contributed by atoms with Gasteiger partial charge in [0, 0.05) is 6.04 Å². The van der Waals surface area contributed by atoms with Crippen LogP contribution in [0.15, 0.2) is 36.0 Å². The Labute approximate surface area is 142 Å². The van der Waals surface area contributed by atoms with E-state index in [1.807, 2.05) is 13.8 Å². The van der Waals surface area contributed by atoms with E-state index in [0.29, 0.717) is 6.42 Å². The van der Waals surface area contributed by atoms with Gasteiger partial charge in [0.15, 0.2) is 6.04 Å². The van der Waals surface area contributed by atoms with Gasteiger partial charge in [0.2, 0.25) is 0 Å². The van der Waals surface area contributed by atoms with Gasteiger partial charge in [0.1, 0.15) is 0 Å². The number of carbonyl (C=O) groups is 1. The SMILES string of the molecule is C=C(/C=C\C(=C/CCC)C(NC(=O)NC1CC1)C(F)(F)F)CCC. The quantitative estimate of drug-likeness (QED) is 0.567. The van der Waals surface area contributed by atoms with Gasteiger partial charge in [0.25, 0.3) is 0 Å². The van der Waals surface area contributed by atoms with E-state index < -0.39 is 18.2 Å². The lowest BCUT2D eigenvalue weighted by Gasteiger charge is -2.23. The van der Waals surface area contributed by atoms with Gasteiger partial charge in [-0.15, -0.1) is 0 Å². The summed E-state index contributed by atoms with van der Waals surface area (Å²) in [7, 11) is 0. The van der Waals surface area contributed by atoms with E-state index in [1.165, 1.54) is 12.2 Å². The van der Waals surface area contributed by atoms with Crippen LogP contribution in [-0.2, 0) is 0 Å². The van der Waals surface area contributed by atoms with Crippen LogP contribution < -0.4 is 10.6 Å². The summed E-state index contributed by atoms with van der Waals surface area (Å²) in [6.07, 6.45) is 4.48. The third kappa shape index (κ3) is 7.70. The minimum Gasteiger partial charge on any atom is -0.335 e. The smallest absolute Gasteiger partial charge is 0.335 e. The molecule has 0 aliphatic heterocycles. The van der Waals surface area contributed by atoms with Crippen LogP contribution in [0.4, 0.5) is 18.0 Å². The Morgan fingerprint density at radius 2 is 1.92 bits per heavy atom. The van der Waals surface area contributed by atoms with E-state index in [4.69, 9.17) is 0 Å². The van der Waals surface area contributed by atoms with E-state index in [2.05, 4.69) is 17.2 Å². The highest BCUT2D eigenvalue weighted by Crippen LogP contribution is 2.27. The zero-order valence-corrected chi connectivity index (χ0v) is 14.4. The van der Waals surface area contributed by atoms with Crippen molar-refractivity contribution >= 4 is 6.03 Å². The molecule has 3 nitrogen and oxygen atoms in total. The van der Waals surface area contributed by atoms with Crippen LogP contribution in [0, 0.1) is 0 Å². The summed E-state index contributed by atoms with van der Waals surface area (Å²) in [5.74, 6) is 0. The molecule has 1 aliphatic carbocycles. The molecule has 0 heterocycles. The normalized spacial score (nSPS) is 17.0. The molecule has 0 saturated heterocycles. The number of amides is 2. The minimum atomic E-state index is -4.56. The number of rotatable bonds is 9. The predicted molar refractivity (Wildman–Crippen MR) is 90.7 cm³/mol. The Hall–Kier alpha value is -1.72. The molecule has 24 heavy (non-hydrogen) atoms. The number of unbranched alkanes of at least 4 members (excludes halogenated alkanes) is 1. The van der Waals surface area contributed by atoms with Gasteiger partial charge in [-0.05, 0) is 31.3 Å². The summed E-state index contributed by atoms with van der Waals surface area (Å²) in [6.45, 7) is 7.71. The highest BCUT2D eigenvalue weighted by Gasteiger charge is 2.42. The van der Waals surface area contributed by atoms with Gasteiger partial charge in [0.05, 0.1) is 0 Å². The fourth-order valence-electron chi connectivity index (χ4n) is 2.15. The van der Waals surface area contributed by atoms with Crippen LogP contribution >= 0.6 is 0 Å². The number of hydrogen-bond donors (Lipinski definition) is 2. The first kappa shape index (κ1) is 20.3. The van der Waals surface area contributed by atoms with Crippen molar-refractivity contribution in [2.24, 2.45) is 0 Å². The molecule has 1 atom stereocenters. The van der Waals surface area contributed by atoms with Gasteiger partial charge in [-0.3, -0.25) is 0 Å². The van der Waals surface area contributed by atoms with Crippen molar-refractivity contribution in [1.82, 2.24) is 10.6 Å². The average molecular weight is 344 g/mol. The predicted octanol–water partition coefficient (Wildman–Crippen LogP) is 5.02. The highest BCUT2D eigenvalue weighted by atomic mass is 19.4. The molecule has 136 valence electrons. The number of hydrogen-bond acceptors (Lipinski definition) is 1. The molecule has 0 aromatic heterocycles. The van der Waals surface area contributed by atoms with Crippen LogP contribution in [0.25, 0.3) is 0 Å². The van der Waals surface area contributed by atoms with E-state index in [1.54, 1.807) is 6.08 Å². The molecule has 1 aliphatic rings. The van der Waals surface area contributed by atoms with Crippen molar-refractivity contribution in [3.8, 4) is 0 Å². The number of allylic oxidation sites excluding steroid dienone is 3. The molecular formula is C18H27F3N2O. The van der Waals surface area contributed by atoms with Crippen molar-refractivity contribution in [2.45, 2.75) is 70.6 Å². The molecule has 1 unspecified atom stereocenters. The van der Waals surface area contributed by atoms with Gasteiger partial charge in [-0.25, -0.2) is 4.79 Å². The number of halogens is 3. The van der Waals surface area contributed by atoms with Crippen molar-refractivity contribution in [3.05, 3.63) is 36.0 Å². The summed E-state index contributed by atoms with van der Waals surface area (Å²) in [4.78, 5) is 11.8. The lowest BCUT2D eigenvalue weighted by atomic mass is 10.0. The van der Waals surface area contributed by atoms with Crippen LogP contribution in [0.3, 0.4) is 0 Å². The summed E-state index contributed by atoms with van der Waals surface area (Å²) >= 11 is 0. The second-order valence-electron chi connectivity index (χ2n) is 6.10. The first-order chi connectivity index (χ1) is 11.3. The van der Waals surface area contributed by atoms with Crippen molar-refractivity contribution in [2.75, 3.05) is 0 Å². The second-order valence-corrected chi connectivity index (χ2v) is 6.10. The van der Waals surface area contributed by atoms with Crippen molar-refractivity contribution in [1.29, 1.82) is 0 Å². The molecule has 0 aromatic carbocycles. The maximum absolute atomic E-state index is 13.4. The fourth-order valence-corrected chi connectivity index (χ4v) is 2.15. The Bertz CT molecular complexity index is 491. The lowest BCUT2D eigenvalue weighted by Crippen LogP contribution is -2.50. The number of nitrogens with one attached hydrogen (secondary N) is 2. The van der Waals surface area contributed by atoms with Crippen LogP contribution in [0.1, 0.15) is 52.4 Å². The molecule has 1 rings (SSSR count). The van der Waals surface area contributed by atoms with E-state index >= 15 is 0 Å². The molecule has 0 spiro atoms. The molecule has 1 saturated carbocycles. The molecule has 0 radical (unpaired) electrons. The Balaban J connectivity index is 2.92. The third-order valence-electron chi connectivity index (χ3n) is 3.60. The summed E-state index contributed by atoms with van der Waals surface area (Å²) in [5.41, 5.74) is 0.816. The van der Waals surface area contributed by atoms with Gasteiger partial charge < -0.3 is 10.6 Å². The van der Waals surface area contributed by atoms with E-state index in [0.717, 1.165) is 37.7 Å². The highest BCUT2D eigenvalue weighted by molar-refractivity contribution is 5.75. The molecule has 1 fully saturated rings. The summed E-state index contributed by atoms with van der Waals surface area (Å²) in [5, 5.41) is 4.60. The second kappa shape index (κ2) is 9.55. The topological polar surface area (TPSA) is 41.1 Å². The summed E-state index contributed by atoms with van der Waals surface area (Å²) < 4.78 is 40.3. The molecule has 2 N–H and O–H groups in total. The van der Waals surface area contributed by atoms with Crippen LogP contribution in [0.5, 0.6) is 0 Å². The zero-order valence-electron chi connectivity index (χ0n) is 14.4. The van der Waals surface area contributed by atoms with Crippen molar-refractivity contribution < 1.29 is 18.0 Å². The van der Waals surface area contributed by atoms with Crippen molar-refractivity contribution in [3.63, 3.8) is 0 Å². The molecule has 2 amide bonds. The molecule has 0 aromatic rings. The van der Waals surface area contributed by atoms with Crippen LogP contribution in [0.2, 0.25) is 0 Å². The molecule has 6 heteroatoms. The standard InChI is InChI=1S/C18H27F3N2O/c1-4-6-8-14(10-9-13(3)7-5-2)16(18(19,20)21)23-17(24)22-15-11-12-15/h8-10,15-16H,3-7,11-12H2,1-2H3,(H2,22,23,24)/b10-9-,14-8+. The largest absolute Gasteiger partial charge is 0.412 e. The van der Waals surface area contributed by atoms with Gasteiger partial charge >= 0.3 is 12.2 Å². The molecular weight excluding hydrogens is 317 g/mol. The Morgan fingerprint density at radius 1 is 1.25 bits per heavy atom. The first-order valence-electron chi connectivity index (χ1n) is 8.47. The molecule has 0 bridgehead atoms. The number of urea groups is 1. The third-order valence-corrected chi connectivity index (χ3v) is 3.60. The van der Waals surface area contributed by atoms with Gasteiger partial charge in [-0.2, -0.15) is 13.2 Å². The maximum Gasteiger partial charge on any atom is 0.412 e. The monoisotopic (exact) mass is 344 g/mol. The van der Waals surface area contributed by atoms with E-state index in [-0.39, 0.29) is 11.6 Å². The zero-order chi connectivity index (χ0) is 18.2. The maximum atomic E-state index is 13.4. The number of carbonyl (C=O) groups excluding carboxylic acids is 1. The minimum absolute atomic E-state index is 0.00169. The number of alkyl halides is 3. The van der Waals surface area contributed by atoms with Gasteiger partial charge in [-0.1, -0.05) is 57.1 Å².